The van der Waals surface area contributed by atoms with Gasteiger partial charge < -0.3 is 10.5 Å². The third kappa shape index (κ3) is 2.55. The van der Waals surface area contributed by atoms with Crippen LogP contribution in [0.25, 0.3) is 0 Å². The molecule has 1 aromatic carbocycles. The molecule has 2 N–H and O–H groups in total. The van der Waals surface area contributed by atoms with E-state index in [4.69, 9.17) is 10.5 Å². The van der Waals surface area contributed by atoms with E-state index in [-0.39, 0.29) is 10.6 Å². The summed E-state index contributed by atoms with van der Waals surface area (Å²) in [6, 6.07) is 4.67. The molecule has 0 aliphatic carbocycles. The van der Waals surface area contributed by atoms with Crippen molar-refractivity contribution in [3.8, 4) is 5.75 Å². The largest absolute Gasteiger partial charge is 0.497 e. The minimum atomic E-state index is -3.51. The molecule has 1 saturated heterocycles. The normalized spacial score (nSPS) is 24.6. The smallest absolute Gasteiger partial charge is 0.245 e. The van der Waals surface area contributed by atoms with Gasteiger partial charge in [-0.2, -0.15) is 4.31 Å². The first-order valence-electron chi connectivity index (χ1n) is 6.30. The maximum atomic E-state index is 12.6. The van der Waals surface area contributed by atoms with Gasteiger partial charge >= 0.3 is 0 Å². The SMILES string of the molecule is COc1ccc(S(=O)(=O)N2CC(C)C(C)C2)c(N)c1. The van der Waals surface area contributed by atoms with Gasteiger partial charge in [0.25, 0.3) is 0 Å². The molecule has 1 aliphatic heterocycles. The van der Waals surface area contributed by atoms with Gasteiger partial charge in [0.1, 0.15) is 10.6 Å². The average Bonchev–Trinajstić information content (AvgIpc) is 2.70. The van der Waals surface area contributed by atoms with Crippen molar-refractivity contribution in [2.75, 3.05) is 25.9 Å². The van der Waals surface area contributed by atoms with Crippen LogP contribution in [0.5, 0.6) is 5.75 Å². The fourth-order valence-electron chi connectivity index (χ4n) is 2.30. The van der Waals surface area contributed by atoms with Crippen LogP contribution in [-0.4, -0.2) is 32.9 Å². The Morgan fingerprint density at radius 1 is 1.26 bits per heavy atom. The molecule has 1 aromatic rings. The van der Waals surface area contributed by atoms with Crippen LogP contribution in [-0.2, 0) is 10.0 Å². The lowest BCUT2D eigenvalue weighted by atomic mass is 10.0. The molecule has 106 valence electrons. The quantitative estimate of drug-likeness (QED) is 0.855. The van der Waals surface area contributed by atoms with E-state index in [0.29, 0.717) is 30.7 Å². The number of methoxy groups -OCH3 is 1. The molecular formula is C13H20N2O3S. The Morgan fingerprint density at radius 2 is 1.84 bits per heavy atom. The summed E-state index contributed by atoms with van der Waals surface area (Å²) in [7, 11) is -1.99. The van der Waals surface area contributed by atoms with Crippen LogP contribution in [0.3, 0.4) is 0 Å². The van der Waals surface area contributed by atoms with Gasteiger partial charge in [-0.05, 0) is 24.0 Å². The van der Waals surface area contributed by atoms with Gasteiger partial charge in [0.2, 0.25) is 10.0 Å². The zero-order valence-corrected chi connectivity index (χ0v) is 12.3. The Bertz CT molecular complexity index is 561. The van der Waals surface area contributed by atoms with E-state index in [1.54, 1.807) is 6.07 Å². The first kappa shape index (κ1) is 14.1. The van der Waals surface area contributed by atoms with Gasteiger partial charge in [-0.3, -0.25) is 0 Å². The first-order chi connectivity index (χ1) is 8.86. The van der Waals surface area contributed by atoms with E-state index in [2.05, 4.69) is 13.8 Å². The number of hydrogen-bond donors (Lipinski definition) is 1. The minimum absolute atomic E-state index is 0.162. The van der Waals surface area contributed by atoms with Gasteiger partial charge in [-0.15, -0.1) is 0 Å². The van der Waals surface area contributed by atoms with E-state index >= 15 is 0 Å². The average molecular weight is 284 g/mol. The summed E-state index contributed by atoms with van der Waals surface area (Å²) in [4.78, 5) is 0.162. The van der Waals surface area contributed by atoms with Crippen LogP contribution in [0.1, 0.15) is 13.8 Å². The molecule has 2 unspecified atom stereocenters. The topological polar surface area (TPSA) is 72.6 Å². The van der Waals surface area contributed by atoms with Crippen molar-refractivity contribution < 1.29 is 13.2 Å². The number of ether oxygens (including phenoxy) is 1. The summed E-state index contributed by atoms with van der Waals surface area (Å²) < 4.78 is 31.7. The van der Waals surface area contributed by atoms with Crippen molar-refractivity contribution in [1.82, 2.24) is 4.31 Å². The lowest BCUT2D eigenvalue weighted by Gasteiger charge is -2.17. The Kier molecular flexibility index (Phi) is 3.73. The summed E-state index contributed by atoms with van der Waals surface area (Å²) in [6.07, 6.45) is 0. The molecule has 1 fully saturated rings. The lowest BCUT2D eigenvalue weighted by Crippen LogP contribution is -2.29. The first-order valence-corrected chi connectivity index (χ1v) is 7.74. The van der Waals surface area contributed by atoms with Crippen molar-refractivity contribution in [3.63, 3.8) is 0 Å². The highest BCUT2D eigenvalue weighted by molar-refractivity contribution is 7.89. The fourth-order valence-corrected chi connectivity index (χ4v) is 4.04. The van der Waals surface area contributed by atoms with Crippen LogP contribution >= 0.6 is 0 Å². The van der Waals surface area contributed by atoms with Crippen LogP contribution in [0.15, 0.2) is 23.1 Å². The van der Waals surface area contributed by atoms with E-state index in [1.807, 2.05) is 0 Å². The van der Waals surface area contributed by atoms with Crippen molar-refractivity contribution >= 4 is 15.7 Å². The molecule has 2 rings (SSSR count). The summed E-state index contributed by atoms with van der Waals surface area (Å²) in [5.74, 6) is 1.29. The second-order valence-electron chi connectivity index (χ2n) is 5.18. The van der Waals surface area contributed by atoms with Gasteiger partial charge in [0.15, 0.2) is 0 Å². The number of rotatable bonds is 3. The van der Waals surface area contributed by atoms with Gasteiger partial charge in [-0.25, -0.2) is 8.42 Å². The number of nitrogens with zero attached hydrogens (tertiary/aromatic N) is 1. The predicted octanol–water partition coefficient (Wildman–Crippen LogP) is 1.55. The van der Waals surface area contributed by atoms with Crippen LogP contribution < -0.4 is 10.5 Å². The highest BCUT2D eigenvalue weighted by Gasteiger charge is 2.35. The fraction of sp³-hybridized carbons (Fsp3) is 0.538. The molecule has 0 radical (unpaired) electrons. The van der Waals surface area contributed by atoms with Crippen LogP contribution in [0.2, 0.25) is 0 Å². The summed E-state index contributed by atoms with van der Waals surface area (Å²) in [6.45, 7) is 5.24. The number of benzene rings is 1. The van der Waals surface area contributed by atoms with E-state index in [1.165, 1.54) is 23.5 Å². The van der Waals surface area contributed by atoms with Gasteiger partial charge in [0, 0.05) is 19.2 Å². The maximum Gasteiger partial charge on any atom is 0.245 e. The molecule has 5 nitrogen and oxygen atoms in total. The number of anilines is 1. The van der Waals surface area contributed by atoms with Crippen LogP contribution in [0, 0.1) is 11.8 Å². The van der Waals surface area contributed by atoms with Gasteiger partial charge in [-0.1, -0.05) is 13.8 Å². The summed E-state index contributed by atoms with van der Waals surface area (Å²) >= 11 is 0. The molecule has 0 aromatic heterocycles. The standard InChI is InChI=1S/C13H20N2O3S/c1-9-7-15(8-10(9)2)19(16,17)13-5-4-11(18-3)6-12(13)14/h4-6,9-10H,7-8,14H2,1-3H3. The highest BCUT2D eigenvalue weighted by atomic mass is 32.2. The Morgan fingerprint density at radius 3 is 2.32 bits per heavy atom. The van der Waals surface area contributed by atoms with Crippen molar-refractivity contribution in [1.29, 1.82) is 0 Å². The molecule has 6 heteroatoms. The number of nitrogens with two attached hydrogens (primary N) is 1. The maximum absolute atomic E-state index is 12.6. The molecule has 1 aliphatic rings. The minimum Gasteiger partial charge on any atom is -0.497 e. The summed E-state index contributed by atoms with van der Waals surface area (Å²) in [5.41, 5.74) is 6.06. The molecule has 2 atom stereocenters. The molecule has 0 amide bonds. The van der Waals surface area contributed by atoms with E-state index in [0.717, 1.165) is 0 Å². The van der Waals surface area contributed by atoms with E-state index in [9.17, 15) is 8.42 Å². The Hall–Kier alpha value is -1.27. The number of hydrogen-bond acceptors (Lipinski definition) is 4. The molecule has 19 heavy (non-hydrogen) atoms. The zero-order valence-electron chi connectivity index (χ0n) is 11.5. The third-order valence-corrected chi connectivity index (χ3v) is 5.69. The Balaban J connectivity index is 2.35. The van der Waals surface area contributed by atoms with Gasteiger partial charge in [0.05, 0.1) is 12.8 Å². The van der Waals surface area contributed by atoms with Crippen LogP contribution in [0.4, 0.5) is 5.69 Å². The molecular weight excluding hydrogens is 264 g/mol. The monoisotopic (exact) mass is 284 g/mol. The lowest BCUT2D eigenvalue weighted by molar-refractivity contribution is 0.414. The number of nitrogen functional groups attached to an aromatic ring is 1. The second-order valence-corrected chi connectivity index (χ2v) is 7.09. The van der Waals surface area contributed by atoms with Crippen molar-refractivity contribution in [2.24, 2.45) is 11.8 Å². The molecule has 0 saturated carbocycles. The number of sulfonamides is 1. The van der Waals surface area contributed by atoms with E-state index < -0.39 is 10.0 Å². The Labute approximate surface area is 114 Å². The third-order valence-electron chi connectivity index (χ3n) is 3.79. The van der Waals surface area contributed by atoms with Crippen molar-refractivity contribution in [2.45, 2.75) is 18.7 Å². The summed E-state index contributed by atoms with van der Waals surface area (Å²) in [5, 5.41) is 0. The predicted molar refractivity (Wildman–Crippen MR) is 74.5 cm³/mol. The zero-order chi connectivity index (χ0) is 14.2. The molecule has 1 heterocycles. The second kappa shape index (κ2) is 5.02. The molecule has 0 bridgehead atoms. The highest BCUT2D eigenvalue weighted by Crippen LogP contribution is 2.31. The van der Waals surface area contributed by atoms with Crippen molar-refractivity contribution in [3.05, 3.63) is 18.2 Å². The molecule has 0 spiro atoms.